The second kappa shape index (κ2) is 9.79. The van der Waals surface area contributed by atoms with Crippen LogP contribution in [0.25, 0.3) is 0 Å². The first kappa shape index (κ1) is 22.0. The number of amides is 3. The number of hydrogen-bond donors (Lipinski definition) is 3. The lowest BCUT2D eigenvalue weighted by Gasteiger charge is -2.13. The molecule has 154 valence electrons. The maximum atomic E-state index is 12.6. The van der Waals surface area contributed by atoms with E-state index in [-0.39, 0.29) is 40.6 Å². The Kier molecular flexibility index (Phi) is 7.44. The van der Waals surface area contributed by atoms with Gasteiger partial charge in [0.1, 0.15) is 0 Å². The molecule has 2 aromatic carbocycles. The Morgan fingerprint density at radius 1 is 1.07 bits per heavy atom. The first-order valence-electron chi connectivity index (χ1n) is 8.72. The molecule has 0 aliphatic carbocycles. The van der Waals surface area contributed by atoms with Crippen LogP contribution in [0.1, 0.15) is 34.6 Å². The molecule has 0 aliphatic rings. The largest absolute Gasteiger partial charge is 0.493 e. The van der Waals surface area contributed by atoms with Crippen LogP contribution >= 0.6 is 11.6 Å². The van der Waals surface area contributed by atoms with Crippen molar-refractivity contribution in [3.8, 4) is 11.5 Å². The van der Waals surface area contributed by atoms with Crippen molar-refractivity contribution in [2.45, 2.75) is 19.9 Å². The second-order valence-corrected chi connectivity index (χ2v) is 6.81. The van der Waals surface area contributed by atoms with Crippen molar-refractivity contribution in [2.75, 3.05) is 19.0 Å². The summed E-state index contributed by atoms with van der Waals surface area (Å²) >= 11 is 6.16. The van der Waals surface area contributed by atoms with Crippen molar-refractivity contribution in [1.29, 1.82) is 0 Å². The van der Waals surface area contributed by atoms with E-state index in [0.717, 1.165) is 0 Å². The Bertz CT molecular complexity index is 913. The Labute approximate surface area is 173 Å². The minimum absolute atomic E-state index is 0.0246. The summed E-state index contributed by atoms with van der Waals surface area (Å²) in [4.78, 5) is 35.4. The van der Waals surface area contributed by atoms with E-state index in [1.165, 1.54) is 19.2 Å². The maximum Gasteiger partial charge on any atom is 0.255 e. The number of nitrogens with two attached hydrogens (primary N) is 1. The summed E-state index contributed by atoms with van der Waals surface area (Å²) in [5, 5.41) is 5.60. The van der Waals surface area contributed by atoms with E-state index in [0.29, 0.717) is 11.3 Å². The zero-order chi connectivity index (χ0) is 21.6. The van der Waals surface area contributed by atoms with E-state index in [1.54, 1.807) is 24.3 Å². The van der Waals surface area contributed by atoms with Gasteiger partial charge in [0.05, 0.1) is 12.1 Å². The molecular weight excluding hydrogens is 398 g/mol. The van der Waals surface area contributed by atoms with Gasteiger partial charge in [0, 0.05) is 22.9 Å². The van der Waals surface area contributed by atoms with Gasteiger partial charge in [-0.2, -0.15) is 0 Å². The molecule has 9 heteroatoms. The van der Waals surface area contributed by atoms with Crippen LogP contribution in [-0.2, 0) is 4.79 Å². The predicted molar refractivity (Wildman–Crippen MR) is 110 cm³/mol. The van der Waals surface area contributed by atoms with Gasteiger partial charge in [-0.15, -0.1) is 0 Å². The van der Waals surface area contributed by atoms with Crippen LogP contribution < -0.4 is 25.8 Å². The molecule has 4 N–H and O–H groups in total. The summed E-state index contributed by atoms with van der Waals surface area (Å²) in [5.41, 5.74) is 6.27. The summed E-state index contributed by atoms with van der Waals surface area (Å²) < 4.78 is 10.4. The molecule has 29 heavy (non-hydrogen) atoms. The zero-order valence-electron chi connectivity index (χ0n) is 16.2. The molecule has 3 amide bonds. The van der Waals surface area contributed by atoms with Gasteiger partial charge in [-0.3, -0.25) is 14.4 Å². The Balaban J connectivity index is 2.15. The highest BCUT2D eigenvalue weighted by Gasteiger charge is 2.17. The maximum absolute atomic E-state index is 12.6. The highest BCUT2D eigenvalue weighted by atomic mass is 35.5. The third-order valence-electron chi connectivity index (χ3n) is 3.68. The molecule has 0 saturated heterocycles. The molecule has 0 saturated carbocycles. The van der Waals surface area contributed by atoms with Crippen molar-refractivity contribution in [1.82, 2.24) is 5.32 Å². The van der Waals surface area contributed by atoms with Crippen LogP contribution in [0, 0.1) is 0 Å². The minimum Gasteiger partial charge on any atom is -0.493 e. The van der Waals surface area contributed by atoms with Crippen molar-refractivity contribution in [3.05, 3.63) is 52.5 Å². The number of anilines is 1. The number of nitrogens with one attached hydrogen (secondary N) is 2. The summed E-state index contributed by atoms with van der Waals surface area (Å²) in [6, 6.07) is 9.31. The molecule has 0 bridgehead atoms. The third kappa shape index (κ3) is 6.11. The third-order valence-corrected chi connectivity index (χ3v) is 3.96. The van der Waals surface area contributed by atoms with Gasteiger partial charge in [-0.05, 0) is 50.2 Å². The number of carbonyl (C=O) groups is 3. The number of ether oxygens (including phenoxy) is 2. The number of primary amides is 1. The lowest BCUT2D eigenvalue weighted by atomic mass is 10.1. The Morgan fingerprint density at radius 2 is 1.72 bits per heavy atom. The van der Waals surface area contributed by atoms with Crippen molar-refractivity contribution in [3.63, 3.8) is 0 Å². The fourth-order valence-corrected chi connectivity index (χ4v) is 2.65. The van der Waals surface area contributed by atoms with Gasteiger partial charge in [0.2, 0.25) is 0 Å². The topological polar surface area (TPSA) is 120 Å². The predicted octanol–water partition coefficient (Wildman–Crippen LogP) is 2.60. The average Bonchev–Trinajstić information content (AvgIpc) is 2.66. The van der Waals surface area contributed by atoms with Crippen molar-refractivity contribution < 1.29 is 23.9 Å². The molecule has 0 atom stereocenters. The lowest BCUT2D eigenvalue weighted by molar-refractivity contribution is -0.119. The minimum atomic E-state index is -0.671. The van der Waals surface area contributed by atoms with E-state index in [2.05, 4.69) is 10.6 Å². The quantitative estimate of drug-likeness (QED) is 0.607. The highest BCUT2D eigenvalue weighted by Crippen LogP contribution is 2.36. The summed E-state index contributed by atoms with van der Waals surface area (Å²) in [6.45, 7) is 3.37. The van der Waals surface area contributed by atoms with E-state index in [9.17, 15) is 14.4 Å². The molecule has 0 fully saturated rings. The number of carbonyl (C=O) groups excluding carboxylic acids is 3. The highest BCUT2D eigenvalue weighted by molar-refractivity contribution is 6.32. The first-order chi connectivity index (χ1) is 13.7. The molecule has 2 rings (SSSR count). The summed E-state index contributed by atoms with van der Waals surface area (Å²) in [5.74, 6) is -1.00. The second-order valence-electron chi connectivity index (χ2n) is 6.40. The molecule has 2 aromatic rings. The first-order valence-corrected chi connectivity index (χ1v) is 9.10. The fourth-order valence-electron chi connectivity index (χ4n) is 2.39. The fraction of sp³-hybridized carbons (Fsp3) is 0.250. The molecule has 0 unspecified atom stereocenters. The molecule has 0 spiro atoms. The molecule has 0 heterocycles. The van der Waals surface area contributed by atoms with Crippen molar-refractivity contribution >= 4 is 35.0 Å². The van der Waals surface area contributed by atoms with Crippen LogP contribution in [0.5, 0.6) is 11.5 Å². The van der Waals surface area contributed by atoms with Crippen molar-refractivity contribution in [2.24, 2.45) is 5.73 Å². The van der Waals surface area contributed by atoms with E-state index >= 15 is 0 Å². The number of halogens is 1. The van der Waals surface area contributed by atoms with Gasteiger partial charge in [0.25, 0.3) is 17.7 Å². The van der Waals surface area contributed by atoms with E-state index in [4.69, 9.17) is 26.8 Å². The van der Waals surface area contributed by atoms with Crippen LogP contribution in [0.3, 0.4) is 0 Å². The van der Waals surface area contributed by atoms with Gasteiger partial charge < -0.3 is 25.8 Å². The van der Waals surface area contributed by atoms with Crippen LogP contribution in [0.15, 0.2) is 36.4 Å². The van der Waals surface area contributed by atoms with E-state index < -0.39 is 11.8 Å². The summed E-state index contributed by atoms with van der Waals surface area (Å²) in [7, 11) is 1.38. The zero-order valence-corrected chi connectivity index (χ0v) is 17.0. The Hall–Kier alpha value is -3.26. The SMILES string of the molecule is COc1cc(C(=O)Nc2ccc(C(=O)NC(C)C)cc2)cc(Cl)c1OCC(N)=O. The number of methoxy groups -OCH3 is 1. The molecule has 0 aromatic heterocycles. The van der Waals surface area contributed by atoms with E-state index in [1.807, 2.05) is 13.8 Å². The average molecular weight is 420 g/mol. The smallest absolute Gasteiger partial charge is 0.255 e. The van der Waals surface area contributed by atoms with Gasteiger partial charge in [0.15, 0.2) is 18.1 Å². The van der Waals surface area contributed by atoms with Gasteiger partial charge in [-0.1, -0.05) is 11.6 Å². The lowest BCUT2D eigenvalue weighted by Crippen LogP contribution is -2.30. The van der Waals surface area contributed by atoms with Crippen LogP contribution in [0.2, 0.25) is 5.02 Å². The molecule has 0 aliphatic heterocycles. The summed E-state index contributed by atoms with van der Waals surface area (Å²) in [6.07, 6.45) is 0. The monoisotopic (exact) mass is 419 g/mol. The number of rotatable bonds is 8. The number of benzene rings is 2. The van der Waals surface area contributed by atoms with Gasteiger partial charge in [-0.25, -0.2) is 0 Å². The normalized spacial score (nSPS) is 10.4. The Morgan fingerprint density at radius 3 is 2.28 bits per heavy atom. The van der Waals surface area contributed by atoms with Crippen LogP contribution in [0.4, 0.5) is 5.69 Å². The number of hydrogen-bond acceptors (Lipinski definition) is 5. The van der Waals surface area contributed by atoms with Crippen LogP contribution in [-0.4, -0.2) is 37.5 Å². The standard InChI is InChI=1S/C20H22ClN3O5/c1-11(2)23-19(26)12-4-6-14(7-5-12)24-20(27)13-8-15(21)18(16(9-13)28-3)29-10-17(22)25/h4-9,11H,10H2,1-3H3,(H2,22,25)(H,23,26)(H,24,27). The van der Waals surface area contributed by atoms with Gasteiger partial charge >= 0.3 is 0 Å². The molecule has 0 radical (unpaired) electrons. The molecule has 8 nitrogen and oxygen atoms in total. The molecular formula is C20H22ClN3O5.